The second-order valence-electron chi connectivity index (χ2n) is 5.15. The second-order valence-corrected chi connectivity index (χ2v) is 10.5. The molecule has 1 unspecified atom stereocenters. The summed E-state index contributed by atoms with van der Waals surface area (Å²) in [7, 11) is -1.86. The Morgan fingerprint density at radius 1 is 1.47 bits per heavy atom. The minimum atomic E-state index is -1.86. The smallest absolute Gasteiger partial charge is 0.316 e. The summed E-state index contributed by atoms with van der Waals surface area (Å²) < 4.78 is 5.10. The lowest BCUT2D eigenvalue weighted by atomic mass is 10.1. The number of hydrogen-bond donors (Lipinski definition) is 0. The molecule has 1 fully saturated rings. The van der Waals surface area contributed by atoms with Crippen LogP contribution in [0.4, 0.5) is 0 Å². The van der Waals surface area contributed by atoms with Crippen molar-refractivity contribution in [1.82, 2.24) is 0 Å². The first-order valence-electron chi connectivity index (χ1n) is 5.57. The quantitative estimate of drug-likeness (QED) is 0.423. The molecule has 86 valence electrons. The van der Waals surface area contributed by atoms with Gasteiger partial charge in [-0.15, -0.1) is 0 Å². The van der Waals surface area contributed by atoms with Crippen molar-refractivity contribution in [2.75, 3.05) is 6.61 Å². The molecule has 1 aliphatic rings. The second kappa shape index (κ2) is 4.08. The largest absolute Gasteiger partial charge is 0.465 e. The lowest BCUT2D eigenvalue weighted by molar-refractivity contribution is -0.149. The minimum absolute atomic E-state index is 0.111. The number of ether oxygens (including phenoxy) is 1. The molecule has 0 radical (unpaired) electrons. The molecule has 3 nitrogen and oxygen atoms in total. The Morgan fingerprint density at radius 2 is 2.07 bits per heavy atom. The third-order valence-electron chi connectivity index (χ3n) is 3.34. The van der Waals surface area contributed by atoms with E-state index in [0.29, 0.717) is 19.4 Å². The van der Waals surface area contributed by atoms with Crippen LogP contribution < -0.4 is 0 Å². The molecular weight excluding hydrogens is 208 g/mol. The van der Waals surface area contributed by atoms with Gasteiger partial charge in [0.2, 0.25) is 0 Å². The van der Waals surface area contributed by atoms with Crippen LogP contribution in [0.5, 0.6) is 0 Å². The van der Waals surface area contributed by atoms with E-state index in [0.717, 1.165) is 6.42 Å². The Balaban J connectivity index is 3.08. The standard InChI is InChI=1S/C11H20O3Si/c1-5-14-10(13)11(15(2,3)4)8-6-7-9(11)12/h5-8H2,1-4H3. The molecule has 0 heterocycles. The van der Waals surface area contributed by atoms with Crippen LogP contribution in [0.3, 0.4) is 0 Å². The molecule has 4 heteroatoms. The van der Waals surface area contributed by atoms with Crippen molar-refractivity contribution in [1.29, 1.82) is 0 Å². The number of esters is 1. The predicted octanol–water partition coefficient (Wildman–Crippen LogP) is 2.38. The average Bonchev–Trinajstić information content (AvgIpc) is 2.47. The molecule has 0 spiro atoms. The zero-order chi connectivity index (χ0) is 11.7. The summed E-state index contributed by atoms with van der Waals surface area (Å²) in [6.07, 6.45) is 2.07. The topological polar surface area (TPSA) is 43.4 Å². The molecule has 1 aliphatic carbocycles. The highest BCUT2D eigenvalue weighted by molar-refractivity contribution is 6.86. The van der Waals surface area contributed by atoms with Gasteiger partial charge in [-0.2, -0.15) is 0 Å². The number of carbonyl (C=O) groups is 2. The fourth-order valence-corrected chi connectivity index (χ4v) is 5.01. The Morgan fingerprint density at radius 3 is 2.40 bits per heavy atom. The van der Waals surface area contributed by atoms with E-state index in [4.69, 9.17) is 4.74 Å². The van der Waals surface area contributed by atoms with Crippen molar-refractivity contribution in [2.45, 2.75) is 50.9 Å². The van der Waals surface area contributed by atoms with Crippen LogP contribution in [0, 0.1) is 0 Å². The Kier molecular flexibility index (Phi) is 3.38. The summed E-state index contributed by atoms with van der Waals surface area (Å²) in [5, 5.41) is -0.761. The fourth-order valence-electron chi connectivity index (χ4n) is 2.44. The summed E-state index contributed by atoms with van der Waals surface area (Å²) in [6.45, 7) is 8.38. The van der Waals surface area contributed by atoms with E-state index in [9.17, 15) is 9.59 Å². The summed E-state index contributed by atoms with van der Waals surface area (Å²) in [5.41, 5.74) is 0. The van der Waals surface area contributed by atoms with Crippen LogP contribution in [-0.2, 0) is 14.3 Å². The molecule has 1 saturated carbocycles. The molecular formula is C11H20O3Si. The van der Waals surface area contributed by atoms with Crippen LogP contribution >= 0.6 is 0 Å². The van der Waals surface area contributed by atoms with Crippen LogP contribution in [0.25, 0.3) is 0 Å². The van der Waals surface area contributed by atoms with Gasteiger partial charge in [-0.05, 0) is 19.8 Å². The lowest BCUT2D eigenvalue weighted by Crippen LogP contribution is -2.48. The summed E-state index contributed by atoms with van der Waals surface area (Å²) >= 11 is 0. The molecule has 0 saturated heterocycles. The molecule has 0 amide bonds. The van der Waals surface area contributed by atoms with E-state index in [-0.39, 0.29) is 11.8 Å². The third kappa shape index (κ3) is 1.87. The van der Waals surface area contributed by atoms with Gasteiger partial charge < -0.3 is 4.74 Å². The molecule has 0 aromatic rings. The molecule has 1 rings (SSSR count). The van der Waals surface area contributed by atoms with E-state index >= 15 is 0 Å². The minimum Gasteiger partial charge on any atom is -0.465 e. The zero-order valence-corrected chi connectivity index (χ0v) is 11.1. The van der Waals surface area contributed by atoms with Crippen molar-refractivity contribution in [3.05, 3.63) is 0 Å². The Labute approximate surface area is 92.2 Å². The van der Waals surface area contributed by atoms with E-state index < -0.39 is 13.1 Å². The third-order valence-corrected chi connectivity index (χ3v) is 6.63. The lowest BCUT2D eigenvalue weighted by Gasteiger charge is -2.36. The maximum Gasteiger partial charge on any atom is 0.316 e. The number of hydrogen-bond acceptors (Lipinski definition) is 3. The van der Waals surface area contributed by atoms with Crippen molar-refractivity contribution < 1.29 is 14.3 Å². The van der Waals surface area contributed by atoms with Gasteiger partial charge >= 0.3 is 5.97 Å². The van der Waals surface area contributed by atoms with Gasteiger partial charge in [0.1, 0.15) is 10.8 Å². The van der Waals surface area contributed by atoms with Crippen molar-refractivity contribution in [2.24, 2.45) is 0 Å². The summed E-state index contributed by atoms with van der Waals surface area (Å²) in [4.78, 5) is 24.0. The van der Waals surface area contributed by atoms with E-state index in [1.165, 1.54) is 0 Å². The van der Waals surface area contributed by atoms with Gasteiger partial charge in [-0.1, -0.05) is 19.6 Å². The number of carbonyl (C=O) groups excluding carboxylic acids is 2. The molecule has 0 aromatic heterocycles. The normalized spacial score (nSPS) is 26.8. The molecule has 0 N–H and O–H groups in total. The van der Waals surface area contributed by atoms with Gasteiger partial charge in [0.15, 0.2) is 0 Å². The first kappa shape index (κ1) is 12.4. The summed E-state index contributed by atoms with van der Waals surface area (Å²) in [5.74, 6) is -0.160. The van der Waals surface area contributed by atoms with E-state index in [1.54, 1.807) is 6.92 Å². The highest BCUT2D eigenvalue weighted by Gasteiger charge is 2.58. The van der Waals surface area contributed by atoms with Crippen LogP contribution in [0.2, 0.25) is 24.7 Å². The van der Waals surface area contributed by atoms with Gasteiger partial charge in [0, 0.05) is 6.42 Å². The SMILES string of the molecule is CCOC(=O)C1([Si](C)(C)C)CCCC1=O. The van der Waals surface area contributed by atoms with Crippen LogP contribution in [0.15, 0.2) is 0 Å². The maximum atomic E-state index is 12.0. The number of rotatable bonds is 3. The predicted molar refractivity (Wildman–Crippen MR) is 61.5 cm³/mol. The number of Topliss-reactive ketones (excluding diaryl/α,β-unsaturated/α-hetero) is 1. The monoisotopic (exact) mass is 228 g/mol. The van der Waals surface area contributed by atoms with E-state index in [1.807, 2.05) is 0 Å². The van der Waals surface area contributed by atoms with Crippen LogP contribution in [0.1, 0.15) is 26.2 Å². The summed E-state index contributed by atoms with van der Waals surface area (Å²) in [6, 6.07) is 0. The Hall–Kier alpha value is -0.643. The number of ketones is 1. The van der Waals surface area contributed by atoms with Crippen molar-refractivity contribution >= 4 is 19.8 Å². The van der Waals surface area contributed by atoms with E-state index in [2.05, 4.69) is 19.6 Å². The van der Waals surface area contributed by atoms with Gasteiger partial charge in [-0.25, -0.2) is 0 Å². The molecule has 1 atom stereocenters. The maximum absolute atomic E-state index is 12.0. The van der Waals surface area contributed by atoms with Gasteiger partial charge in [-0.3, -0.25) is 9.59 Å². The van der Waals surface area contributed by atoms with Gasteiger partial charge in [0.05, 0.1) is 14.7 Å². The fraction of sp³-hybridized carbons (Fsp3) is 0.818. The highest BCUT2D eigenvalue weighted by Crippen LogP contribution is 2.50. The van der Waals surface area contributed by atoms with Crippen LogP contribution in [-0.4, -0.2) is 26.4 Å². The first-order chi connectivity index (χ1) is 6.86. The van der Waals surface area contributed by atoms with Crippen molar-refractivity contribution in [3.8, 4) is 0 Å². The molecule has 0 bridgehead atoms. The highest BCUT2D eigenvalue weighted by atomic mass is 28.3. The Bertz CT molecular complexity index is 280. The van der Waals surface area contributed by atoms with Crippen molar-refractivity contribution in [3.63, 3.8) is 0 Å². The average molecular weight is 228 g/mol. The first-order valence-corrected chi connectivity index (χ1v) is 9.07. The zero-order valence-electron chi connectivity index (χ0n) is 10.1. The molecule has 15 heavy (non-hydrogen) atoms. The van der Waals surface area contributed by atoms with Gasteiger partial charge in [0.25, 0.3) is 0 Å². The molecule has 0 aromatic carbocycles. The molecule has 0 aliphatic heterocycles.